The van der Waals surface area contributed by atoms with E-state index in [1.54, 1.807) is 0 Å². The van der Waals surface area contributed by atoms with Crippen molar-refractivity contribution in [2.45, 2.75) is 56.7 Å². The summed E-state index contributed by atoms with van der Waals surface area (Å²) < 4.78 is 1.71. The molecule has 2 aromatic rings. The van der Waals surface area contributed by atoms with Crippen LogP contribution in [0.3, 0.4) is 0 Å². The molecule has 1 aliphatic carbocycles. The summed E-state index contributed by atoms with van der Waals surface area (Å²) in [5.74, 6) is -0.183. The Morgan fingerprint density at radius 3 is 2.53 bits per heavy atom. The first-order valence-electron chi connectivity index (χ1n) is 10.8. The molecule has 2 aliphatic rings. The van der Waals surface area contributed by atoms with E-state index in [2.05, 4.69) is 37.2 Å². The Bertz CT molecular complexity index is 1040. The number of amides is 2. The van der Waals surface area contributed by atoms with Crippen LogP contribution in [0, 0.1) is 6.92 Å². The van der Waals surface area contributed by atoms with Gasteiger partial charge in [-0.05, 0) is 66.0 Å². The van der Waals surface area contributed by atoms with Gasteiger partial charge in [-0.3, -0.25) is 14.5 Å². The van der Waals surface area contributed by atoms with Crippen LogP contribution in [0.15, 0.2) is 56.4 Å². The number of carbonyl (C=O) groups excluding carboxylic acids is 2. The second-order valence-corrected chi connectivity index (χ2v) is 11.2. The molecule has 32 heavy (non-hydrogen) atoms. The van der Waals surface area contributed by atoms with Gasteiger partial charge in [0.2, 0.25) is 11.8 Å². The fourth-order valence-electron chi connectivity index (χ4n) is 4.06. The minimum atomic E-state index is -0.463. The van der Waals surface area contributed by atoms with Gasteiger partial charge in [0.05, 0.1) is 11.4 Å². The fourth-order valence-corrected chi connectivity index (χ4v) is 6.42. The molecule has 0 aromatic heterocycles. The highest BCUT2D eigenvalue weighted by molar-refractivity contribution is 9.11. The molecule has 2 fully saturated rings. The number of benzene rings is 2. The number of hydrogen-bond donors (Lipinski definition) is 1. The highest BCUT2D eigenvalue weighted by atomic mass is 79.9. The van der Waals surface area contributed by atoms with E-state index in [9.17, 15) is 9.59 Å². The molecule has 0 radical (unpaired) electrons. The largest absolute Gasteiger partial charge is 0.325 e. The maximum Gasteiger partial charge on any atom is 0.242 e. The van der Waals surface area contributed by atoms with Crippen molar-refractivity contribution in [3.05, 3.63) is 57.0 Å². The van der Waals surface area contributed by atoms with Crippen LogP contribution in [0.2, 0.25) is 0 Å². The molecule has 1 aliphatic heterocycles. The van der Waals surface area contributed by atoms with Gasteiger partial charge in [-0.15, -0.1) is 0 Å². The summed E-state index contributed by atoms with van der Waals surface area (Å²) in [6, 6.07) is 13.7. The molecular formula is C24H25Br2N3O2S. The lowest BCUT2D eigenvalue weighted by atomic mass is 9.94. The Morgan fingerprint density at radius 1 is 1.12 bits per heavy atom. The fraction of sp³-hybridized carbons (Fsp3) is 0.375. The predicted molar refractivity (Wildman–Crippen MR) is 138 cm³/mol. The molecule has 168 valence electrons. The third kappa shape index (κ3) is 5.64. The van der Waals surface area contributed by atoms with E-state index in [1.165, 1.54) is 23.7 Å². The highest BCUT2D eigenvalue weighted by Gasteiger charge is 2.42. The number of amidine groups is 1. The van der Waals surface area contributed by atoms with Gasteiger partial charge in [-0.25, -0.2) is 4.99 Å². The number of thioether (sulfide) groups is 1. The third-order valence-corrected chi connectivity index (χ3v) is 8.04. The van der Waals surface area contributed by atoms with Gasteiger partial charge >= 0.3 is 0 Å². The number of anilines is 1. The van der Waals surface area contributed by atoms with Crippen LogP contribution in [-0.4, -0.2) is 33.2 Å². The van der Waals surface area contributed by atoms with Crippen LogP contribution < -0.4 is 5.32 Å². The zero-order chi connectivity index (χ0) is 22.7. The summed E-state index contributed by atoms with van der Waals surface area (Å²) >= 11 is 8.29. The van der Waals surface area contributed by atoms with E-state index in [0.717, 1.165) is 40.3 Å². The maximum absolute atomic E-state index is 13.4. The molecule has 1 atom stereocenters. The number of halogens is 2. The van der Waals surface area contributed by atoms with Gasteiger partial charge in [-0.1, -0.05) is 64.7 Å². The van der Waals surface area contributed by atoms with E-state index < -0.39 is 5.25 Å². The van der Waals surface area contributed by atoms with Crippen molar-refractivity contribution >= 4 is 72.0 Å². The van der Waals surface area contributed by atoms with E-state index in [-0.39, 0.29) is 24.3 Å². The molecule has 5 nitrogen and oxygen atoms in total. The normalized spacial score (nSPS) is 20.7. The first kappa shape index (κ1) is 23.5. The number of nitrogens with one attached hydrogen (secondary N) is 1. The molecular weight excluding hydrogens is 554 g/mol. The summed E-state index contributed by atoms with van der Waals surface area (Å²) in [6.45, 7) is 2.04. The van der Waals surface area contributed by atoms with E-state index in [4.69, 9.17) is 4.99 Å². The quantitative estimate of drug-likeness (QED) is 0.424. The SMILES string of the molecule is Cc1ccc(N=C2SC(CC(=O)Nc3ccc(Br)cc3Br)C(=O)N2C2CCCCC2)cc1. The summed E-state index contributed by atoms with van der Waals surface area (Å²) in [5.41, 5.74) is 2.68. The van der Waals surface area contributed by atoms with Crippen molar-refractivity contribution in [2.75, 3.05) is 5.32 Å². The van der Waals surface area contributed by atoms with Crippen LogP contribution in [0.4, 0.5) is 11.4 Å². The van der Waals surface area contributed by atoms with Crippen molar-refractivity contribution < 1.29 is 9.59 Å². The molecule has 1 N–H and O–H groups in total. The van der Waals surface area contributed by atoms with Crippen molar-refractivity contribution in [1.29, 1.82) is 0 Å². The van der Waals surface area contributed by atoms with Gasteiger partial charge < -0.3 is 5.32 Å². The standard InChI is InChI=1S/C24H25Br2N3O2S/c1-15-7-10-17(11-8-15)27-24-29(18-5-3-2-4-6-18)23(31)21(32-24)14-22(30)28-20-12-9-16(25)13-19(20)26/h7-13,18,21H,2-6,14H2,1H3,(H,28,30). The number of aliphatic imine (C=N–C) groups is 1. The topological polar surface area (TPSA) is 61.8 Å². The number of carbonyl (C=O) groups is 2. The Hall–Kier alpha value is -1.64. The molecule has 2 amide bonds. The molecule has 4 rings (SSSR count). The van der Waals surface area contributed by atoms with Crippen molar-refractivity contribution in [2.24, 2.45) is 4.99 Å². The average molecular weight is 579 g/mol. The molecule has 1 heterocycles. The molecule has 1 saturated heterocycles. The lowest BCUT2D eigenvalue weighted by Crippen LogP contribution is -2.42. The minimum absolute atomic E-state index is 0.00205. The maximum atomic E-state index is 13.4. The average Bonchev–Trinajstić information content (AvgIpc) is 3.07. The van der Waals surface area contributed by atoms with Crippen molar-refractivity contribution in [3.63, 3.8) is 0 Å². The Kier molecular flexibility index (Phi) is 7.74. The Labute approximate surface area is 209 Å². The molecule has 2 aromatic carbocycles. The molecule has 8 heteroatoms. The van der Waals surface area contributed by atoms with Crippen LogP contribution >= 0.6 is 43.6 Å². The number of nitrogens with zero attached hydrogens (tertiary/aromatic N) is 2. The zero-order valence-electron chi connectivity index (χ0n) is 17.8. The number of aryl methyl sites for hydroxylation is 1. The third-order valence-electron chi connectivity index (χ3n) is 5.74. The minimum Gasteiger partial charge on any atom is -0.325 e. The Balaban J connectivity index is 1.52. The van der Waals surface area contributed by atoms with E-state index in [0.29, 0.717) is 10.9 Å². The molecule has 1 unspecified atom stereocenters. The zero-order valence-corrected chi connectivity index (χ0v) is 21.8. The second-order valence-electron chi connectivity index (χ2n) is 8.21. The van der Waals surface area contributed by atoms with Gasteiger partial charge in [0.15, 0.2) is 5.17 Å². The lowest BCUT2D eigenvalue weighted by molar-refractivity contribution is -0.130. The lowest BCUT2D eigenvalue weighted by Gasteiger charge is -2.30. The number of hydrogen-bond acceptors (Lipinski definition) is 4. The highest BCUT2D eigenvalue weighted by Crippen LogP contribution is 2.37. The van der Waals surface area contributed by atoms with Gasteiger partial charge in [0, 0.05) is 21.4 Å². The molecule has 0 spiro atoms. The molecule has 1 saturated carbocycles. The van der Waals surface area contributed by atoms with E-state index in [1.807, 2.05) is 54.3 Å². The monoisotopic (exact) mass is 577 g/mol. The first-order chi connectivity index (χ1) is 15.4. The van der Waals surface area contributed by atoms with Crippen LogP contribution in [-0.2, 0) is 9.59 Å². The van der Waals surface area contributed by atoms with Gasteiger partial charge in [-0.2, -0.15) is 0 Å². The van der Waals surface area contributed by atoms with Crippen LogP contribution in [0.1, 0.15) is 44.1 Å². The second kappa shape index (κ2) is 10.5. The van der Waals surface area contributed by atoms with E-state index >= 15 is 0 Å². The van der Waals surface area contributed by atoms with Crippen molar-refractivity contribution in [3.8, 4) is 0 Å². The summed E-state index contributed by atoms with van der Waals surface area (Å²) in [4.78, 5) is 32.8. The molecule has 0 bridgehead atoms. The first-order valence-corrected chi connectivity index (χ1v) is 13.3. The van der Waals surface area contributed by atoms with Gasteiger partial charge in [0.25, 0.3) is 0 Å². The van der Waals surface area contributed by atoms with Crippen molar-refractivity contribution in [1.82, 2.24) is 4.90 Å². The summed E-state index contributed by atoms with van der Waals surface area (Å²) in [6.07, 6.45) is 5.56. The number of rotatable bonds is 5. The van der Waals surface area contributed by atoms with Crippen LogP contribution in [0.25, 0.3) is 0 Å². The predicted octanol–water partition coefficient (Wildman–Crippen LogP) is 6.81. The smallest absolute Gasteiger partial charge is 0.242 e. The van der Waals surface area contributed by atoms with Crippen LogP contribution in [0.5, 0.6) is 0 Å². The summed E-state index contributed by atoms with van der Waals surface area (Å²) in [7, 11) is 0. The summed E-state index contributed by atoms with van der Waals surface area (Å²) in [5, 5.41) is 3.17. The Morgan fingerprint density at radius 2 is 1.84 bits per heavy atom. The van der Waals surface area contributed by atoms with Gasteiger partial charge in [0.1, 0.15) is 5.25 Å².